The molecule has 0 saturated heterocycles. The first-order valence-electron chi connectivity index (χ1n) is 14.4. The third-order valence-electron chi connectivity index (χ3n) is 6.98. The average Bonchev–Trinajstić information content (AvgIpc) is 3.49. The number of aliphatic hydroxyl groups excluding tert-OH is 2. The predicted octanol–water partition coefficient (Wildman–Crippen LogP) is 3.05. The van der Waals surface area contributed by atoms with Crippen molar-refractivity contribution in [1.82, 2.24) is 15.1 Å². The minimum Gasteiger partial charge on any atom is -0.508 e. The van der Waals surface area contributed by atoms with E-state index in [-0.39, 0.29) is 64.3 Å². The van der Waals surface area contributed by atoms with Gasteiger partial charge in [-0.2, -0.15) is 0 Å². The van der Waals surface area contributed by atoms with Crippen LogP contribution >= 0.6 is 45.2 Å². The minimum atomic E-state index is -0.466. The largest absolute Gasteiger partial charge is 0.508 e. The second-order valence-electron chi connectivity index (χ2n) is 10.6. The molecule has 0 unspecified atom stereocenters. The lowest BCUT2D eigenvalue weighted by atomic mass is 10.1. The van der Waals surface area contributed by atoms with Crippen molar-refractivity contribution in [2.24, 2.45) is 0 Å². The lowest BCUT2D eigenvalue weighted by Crippen LogP contribution is -2.49. The highest BCUT2D eigenvalue weighted by molar-refractivity contribution is 14.1. The van der Waals surface area contributed by atoms with Gasteiger partial charge in [0.15, 0.2) is 17.2 Å². The Morgan fingerprint density at radius 3 is 2.26 bits per heavy atom. The quantitative estimate of drug-likeness (QED) is 0.158. The van der Waals surface area contributed by atoms with Gasteiger partial charge in [-0.25, -0.2) is 0 Å². The average molecular weight is 859 g/mol. The number of rotatable bonds is 16. The molecule has 46 heavy (non-hydrogen) atoms. The summed E-state index contributed by atoms with van der Waals surface area (Å²) in [6.45, 7) is 0.291. The molecule has 3 aromatic carbocycles. The lowest BCUT2D eigenvalue weighted by molar-refractivity contribution is -0.142. The van der Waals surface area contributed by atoms with Crippen LogP contribution in [0.15, 0.2) is 54.6 Å². The van der Waals surface area contributed by atoms with E-state index in [9.17, 15) is 29.7 Å². The standard InChI is InChI=1S/C32H35I2N3O9/c1-20(40)15-37(16-21-2-7-28-29(13-21)45-19-44-28)31(43)17-36(8-9-38)30(42)14-35-23(18-39)10-22-11-26(33)32(27(34)12-22)46-25-5-3-24(41)4-6-25/h2-7,11-13,23,35,38-39,41H,8-10,14-19H2,1H3/t23-/m0/s1. The van der Waals surface area contributed by atoms with Crippen molar-refractivity contribution in [3.8, 4) is 28.7 Å². The third-order valence-corrected chi connectivity index (χ3v) is 8.59. The molecule has 12 nitrogen and oxygen atoms in total. The van der Waals surface area contributed by atoms with Crippen molar-refractivity contribution in [2.45, 2.75) is 25.9 Å². The van der Waals surface area contributed by atoms with E-state index in [0.717, 1.165) is 18.3 Å². The molecule has 0 radical (unpaired) electrons. The molecule has 0 fully saturated rings. The Morgan fingerprint density at radius 1 is 0.913 bits per heavy atom. The second-order valence-corrected chi connectivity index (χ2v) is 13.0. The first-order valence-corrected chi connectivity index (χ1v) is 16.6. The summed E-state index contributed by atoms with van der Waals surface area (Å²) in [6, 6.07) is 15.1. The molecule has 0 aromatic heterocycles. The molecule has 246 valence electrons. The number of carbonyl (C=O) groups is 3. The predicted molar refractivity (Wildman–Crippen MR) is 185 cm³/mol. The van der Waals surface area contributed by atoms with Crippen LogP contribution in [0, 0.1) is 7.14 Å². The highest BCUT2D eigenvalue weighted by Gasteiger charge is 2.24. The van der Waals surface area contributed by atoms with Crippen LogP contribution in [0.3, 0.4) is 0 Å². The number of aromatic hydroxyl groups is 1. The number of hydrogen-bond acceptors (Lipinski definition) is 10. The van der Waals surface area contributed by atoms with Crippen LogP contribution in [0.1, 0.15) is 18.1 Å². The van der Waals surface area contributed by atoms with E-state index in [1.807, 2.05) is 12.1 Å². The summed E-state index contributed by atoms with van der Waals surface area (Å²) in [6.07, 6.45) is 0.413. The Kier molecular flexibility index (Phi) is 13.3. The highest BCUT2D eigenvalue weighted by atomic mass is 127. The minimum absolute atomic E-state index is 0.0765. The van der Waals surface area contributed by atoms with Gasteiger partial charge in [0.25, 0.3) is 0 Å². The Hall–Kier alpha value is -3.19. The van der Waals surface area contributed by atoms with E-state index in [2.05, 4.69) is 50.5 Å². The molecule has 0 saturated carbocycles. The van der Waals surface area contributed by atoms with Crippen LogP contribution in [-0.2, 0) is 27.3 Å². The molecule has 4 rings (SSSR count). The Labute approximate surface area is 293 Å². The second kappa shape index (κ2) is 17.1. The zero-order chi connectivity index (χ0) is 33.2. The number of fused-ring (bicyclic) bond motifs is 1. The summed E-state index contributed by atoms with van der Waals surface area (Å²) in [5, 5.41) is 32.3. The summed E-state index contributed by atoms with van der Waals surface area (Å²) < 4.78 is 18.5. The summed E-state index contributed by atoms with van der Waals surface area (Å²) in [7, 11) is 0. The van der Waals surface area contributed by atoms with Crippen LogP contribution in [0.5, 0.6) is 28.7 Å². The van der Waals surface area contributed by atoms with Crippen LogP contribution in [0.2, 0.25) is 0 Å². The van der Waals surface area contributed by atoms with Gasteiger partial charge in [-0.3, -0.25) is 14.4 Å². The normalized spacial score (nSPS) is 12.5. The zero-order valence-corrected chi connectivity index (χ0v) is 29.4. The van der Waals surface area contributed by atoms with E-state index in [1.165, 1.54) is 16.7 Å². The van der Waals surface area contributed by atoms with Crippen molar-refractivity contribution < 1.29 is 43.9 Å². The Bertz CT molecular complexity index is 1510. The van der Waals surface area contributed by atoms with Crippen molar-refractivity contribution >= 4 is 62.8 Å². The number of phenols is 1. The maximum absolute atomic E-state index is 13.3. The molecule has 14 heteroatoms. The van der Waals surface area contributed by atoms with Gasteiger partial charge < -0.3 is 44.6 Å². The maximum atomic E-state index is 13.3. The lowest BCUT2D eigenvalue weighted by Gasteiger charge is -2.27. The fraction of sp³-hybridized carbons (Fsp3) is 0.344. The van der Waals surface area contributed by atoms with E-state index in [0.29, 0.717) is 29.4 Å². The molecule has 1 aliphatic heterocycles. The molecule has 0 aliphatic carbocycles. The number of benzene rings is 3. The van der Waals surface area contributed by atoms with Gasteiger partial charge in [0.05, 0.1) is 40.0 Å². The van der Waals surface area contributed by atoms with Crippen LogP contribution < -0.4 is 19.5 Å². The number of Topliss-reactive ketones (excluding diaryl/α,β-unsaturated/α-hetero) is 1. The summed E-state index contributed by atoms with van der Waals surface area (Å²) in [5.41, 5.74) is 1.65. The van der Waals surface area contributed by atoms with E-state index < -0.39 is 17.9 Å². The number of amides is 2. The summed E-state index contributed by atoms with van der Waals surface area (Å²) >= 11 is 4.35. The van der Waals surface area contributed by atoms with Gasteiger partial charge in [-0.15, -0.1) is 0 Å². The maximum Gasteiger partial charge on any atom is 0.242 e. The number of aliphatic hydroxyl groups is 2. The number of nitrogens with one attached hydrogen (secondary N) is 1. The molecule has 0 bridgehead atoms. The first kappa shape index (κ1) is 35.7. The number of nitrogens with zero attached hydrogens (tertiary/aromatic N) is 2. The van der Waals surface area contributed by atoms with Crippen molar-refractivity contribution in [1.29, 1.82) is 0 Å². The first-order chi connectivity index (χ1) is 22.1. The van der Waals surface area contributed by atoms with Gasteiger partial charge in [0.2, 0.25) is 18.6 Å². The molecule has 3 aromatic rings. The van der Waals surface area contributed by atoms with Crippen molar-refractivity contribution in [3.63, 3.8) is 0 Å². The molecule has 0 spiro atoms. The zero-order valence-electron chi connectivity index (χ0n) is 25.1. The molecule has 1 heterocycles. The van der Waals surface area contributed by atoms with Crippen molar-refractivity contribution in [2.75, 3.05) is 46.2 Å². The van der Waals surface area contributed by atoms with Crippen LogP contribution in [0.4, 0.5) is 0 Å². The van der Waals surface area contributed by atoms with E-state index in [1.54, 1.807) is 42.5 Å². The van der Waals surface area contributed by atoms with E-state index in [4.69, 9.17) is 14.2 Å². The van der Waals surface area contributed by atoms with Crippen LogP contribution in [-0.4, -0.2) is 94.9 Å². The summed E-state index contributed by atoms with van der Waals surface area (Å²) in [4.78, 5) is 41.1. The Balaban J connectivity index is 1.36. The number of hydrogen-bond donors (Lipinski definition) is 4. The van der Waals surface area contributed by atoms with Gasteiger partial charge in [-0.05, 0) is 118 Å². The number of carbonyl (C=O) groups excluding carboxylic acids is 3. The summed E-state index contributed by atoms with van der Waals surface area (Å²) in [5.74, 6) is 1.44. The topological polar surface area (TPSA) is 158 Å². The van der Waals surface area contributed by atoms with Gasteiger partial charge >= 0.3 is 0 Å². The molecular weight excluding hydrogens is 824 g/mol. The van der Waals surface area contributed by atoms with Gasteiger partial charge in [-0.1, -0.05) is 6.07 Å². The monoisotopic (exact) mass is 859 g/mol. The number of ketones is 1. The highest BCUT2D eigenvalue weighted by Crippen LogP contribution is 2.34. The van der Waals surface area contributed by atoms with Crippen LogP contribution in [0.25, 0.3) is 0 Å². The SMILES string of the molecule is CC(=O)CN(Cc1ccc2c(c1)OCO2)C(=O)CN(CCO)C(=O)CN[C@H](CO)Cc1cc(I)c(Oc2ccc(O)cc2)c(I)c1. The fourth-order valence-electron chi connectivity index (χ4n) is 4.73. The molecular formula is C32H35I2N3O9. The molecule has 2 amide bonds. The van der Waals surface area contributed by atoms with Gasteiger partial charge in [0, 0.05) is 19.1 Å². The fourth-order valence-corrected chi connectivity index (χ4v) is 6.84. The number of phenolic OH excluding ortho intramolecular Hbond substituents is 1. The van der Waals surface area contributed by atoms with E-state index >= 15 is 0 Å². The molecule has 1 atom stereocenters. The smallest absolute Gasteiger partial charge is 0.242 e. The van der Waals surface area contributed by atoms with Crippen molar-refractivity contribution in [3.05, 3.63) is 72.9 Å². The Morgan fingerprint density at radius 2 is 1.61 bits per heavy atom. The number of halogens is 2. The third kappa shape index (κ3) is 10.2. The molecule has 1 aliphatic rings. The van der Waals surface area contributed by atoms with Gasteiger partial charge in [0.1, 0.15) is 17.3 Å². The number of ether oxygens (including phenoxy) is 3. The molecule has 4 N–H and O–H groups in total.